The maximum Gasteiger partial charge on any atom is 0.435 e. The van der Waals surface area contributed by atoms with Crippen LogP contribution in [0.2, 0.25) is 5.02 Å². The standard InChI is InChI=1S/C24H27ClF4N4O3/c1-36-22(35)14-31-7-4-15(5-8-31)10-21(34)32-9-6-18-20(13-32)33(30-23(18)24(27,28)29)12-16-2-3-17(25)11-19(16)26/h2-3,11,15H,4-10,12-14H2,1H3. The Bertz CT molecular complexity index is 1130. The number of amides is 1. The minimum Gasteiger partial charge on any atom is -0.468 e. The Balaban J connectivity index is 1.46. The van der Waals surface area contributed by atoms with Crippen molar-refractivity contribution < 1.29 is 31.9 Å². The second-order valence-corrected chi connectivity index (χ2v) is 9.67. The van der Waals surface area contributed by atoms with Gasteiger partial charge in [-0.25, -0.2) is 4.39 Å². The van der Waals surface area contributed by atoms with Crippen LogP contribution in [0, 0.1) is 11.7 Å². The molecule has 7 nitrogen and oxygen atoms in total. The predicted molar refractivity (Wildman–Crippen MR) is 123 cm³/mol. The van der Waals surface area contributed by atoms with E-state index < -0.39 is 17.7 Å². The molecule has 0 spiro atoms. The van der Waals surface area contributed by atoms with Crippen LogP contribution in [0.1, 0.15) is 41.8 Å². The van der Waals surface area contributed by atoms with Crippen molar-refractivity contribution >= 4 is 23.5 Å². The molecule has 1 aromatic heterocycles. The van der Waals surface area contributed by atoms with E-state index in [0.29, 0.717) is 13.1 Å². The van der Waals surface area contributed by atoms with E-state index in [4.69, 9.17) is 11.6 Å². The first-order valence-electron chi connectivity index (χ1n) is 11.7. The minimum absolute atomic E-state index is 0.0202. The van der Waals surface area contributed by atoms with Gasteiger partial charge < -0.3 is 9.64 Å². The van der Waals surface area contributed by atoms with Gasteiger partial charge in [0.25, 0.3) is 0 Å². The Morgan fingerprint density at radius 1 is 1.19 bits per heavy atom. The van der Waals surface area contributed by atoms with E-state index in [-0.39, 0.29) is 78.7 Å². The van der Waals surface area contributed by atoms with Crippen LogP contribution in [0.3, 0.4) is 0 Å². The highest BCUT2D eigenvalue weighted by Gasteiger charge is 2.41. The highest BCUT2D eigenvalue weighted by molar-refractivity contribution is 6.30. The average Bonchev–Trinajstić information content (AvgIpc) is 3.20. The van der Waals surface area contributed by atoms with Crippen molar-refractivity contribution in [2.75, 3.05) is 33.3 Å². The van der Waals surface area contributed by atoms with Gasteiger partial charge in [-0.2, -0.15) is 18.3 Å². The van der Waals surface area contributed by atoms with Gasteiger partial charge in [0.15, 0.2) is 5.69 Å². The number of rotatable bonds is 6. The summed E-state index contributed by atoms with van der Waals surface area (Å²) in [5, 5.41) is 3.96. The maximum absolute atomic E-state index is 14.4. The number of ether oxygens (including phenoxy) is 1. The van der Waals surface area contributed by atoms with Crippen LogP contribution in [-0.4, -0.2) is 64.7 Å². The zero-order valence-electron chi connectivity index (χ0n) is 19.8. The van der Waals surface area contributed by atoms with E-state index in [2.05, 4.69) is 9.84 Å². The van der Waals surface area contributed by atoms with Crippen molar-refractivity contribution in [3.05, 3.63) is 51.6 Å². The number of likely N-dealkylation sites (tertiary alicyclic amines) is 1. The van der Waals surface area contributed by atoms with Crippen LogP contribution in [0.25, 0.3) is 0 Å². The Morgan fingerprint density at radius 2 is 1.92 bits per heavy atom. The summed E-state index contributed by atoms with van der Waals surface area (Å²) in [7, 11) is 1.34. The molecule has 0 atom stereocenters. The second-order valence-electron chi connectivity index (χ2n) is 9.23. The summed E-state index contributed by atoms with van der Waals surface area (Å²) in [6.45, 7) is 1.50. The number of carbonyl (C=O) groups excluding carboxylic acids is 2. The number of methoxy groups -OCH3 is 1. The van der Waals surface area contributed by atoms with Crippen LogP contribution in [-0.2, 0) is 40.0 Å². The minimum atomic E-state index is -4.65. The molecule has 0 aliphatic carbocycles. The fraction of sp³-hybridized carbons (Fsp3) is 0.542. The number of halogens is 5. The molecule has 2 aliphatic heterocycles. The topological polar surface area (TPSA) is 67.7 Å². The zero-order valence-corrected chi connectivity index (χ0v) is 20.5. The molecule has 1 fully saturated rings. The van der Waals surface area contributed by atoms with Gasteiger partial charge in [0.2, 0.25) is 5.91 Å². The van der Waals surface area contributed by atoms with Gasteiger partial charge in [0.05, 0.1) is 32.4 Å². The molecule has 4 rings (SSSR count). The van der Waals surface area contributed by atoms with Crippen molar-refractivity contribution in [3.8, 4) is 0 Å². The summed E-state index contributed by atoms with van der Waals surface area (Å²) in [5.74, 6) is -0.942. The molecule has 0 saturated carbocycles. The fourth-order valence-corrected chi connectivity index (χ4v) is 4.99. The highest BCUT2D eigenvalue weighted by Crippen LogP contribution is 2.36. The molecule has 12 heteroatoms. The summed E-state index contributed by atoms with van der Waals surface area (Å²) in [4.78, 5) is 28.1. The molecule has 196 valence electrons. The van der Waals surface area contributed by atoms with Crippen molar-refractivity contribution in [1.29, 1.82) is 0 Å². The number of esters is 1. The Labute approximate surface area is 210 Å². The van der Waals surface area contributed by atoms with Gasteiger partial charge >= 0.3 is 12.1 Å². The lowest BCUT2D eigenvalue weighted by molar-refractivity contribution is -0.143. The lowest BCUT2D eigenvalue weighted by Gasteiger charge is -2.33. The molecule has 2 aliphatic rings. The molecule has 1 saturated heterocycles. The molecule has 36 heavy (non-hydrogen) atoms. The first-order chi connectivity index (χ1) is 17.0. The van der Waals surface area contributed by atoms with Crippen LogP contribution in [0.4, 0.5) is 17.6 Å². The number of hydrogen-bond donors (Lipinski definition) is 0. The summed E-state index contributed by atoms with van der Waals surface area (Å²) >= 11 is 5.79. The normalized spacial score (nSPS) is 17.2. The molecular weight excluding hydrogens is 504 g/mol. The molecular formula is C24H27ClF4N4O3. The van der Waals surface area contributed by atoms with Crippen LogP contribution in [0.15, 0.2) is 18.2 Å². The SMILES string of the molecule is COC(=O)CN1CCC(CC(=O)N2CCc3c(C(F)(F)F)nn(Cc4ccc(Cl)cc4F)c3C2)CC1. The number of aromatic nitrogens is 2. The zero-order chi connectivity index (χ0) is 26.0. The Hall–Kier alpha value is -2.66. The number of benzene rings is 1. The number of nitrogens with zero attached hydrogens (tertiary/aromatic N) is 4. The monoisotopic (exact) mass is 530 g/mol. The van der Waals surface area contributed by atoms with E-state index in [1.807, 2.05) is 4.90 Å². The second kappa shape index (κ2) is 10.8. The van der Waals surface area contributed by atoms with Crippen LogP contribution >= 0.6 is 11.6 Å². The van der Waals surface area contributed by atoms with E-state index in [1.165, 1.54) is 19.2 Å². The van der Waals surface area contributed by atoms with Gasteiger partial charge in [0, 0.05) is 29.1 Å². The predicted octanol–water partition coefficient (Wildman–Crippen LogP) is 3.90. The molecule has 0 unspecified atom stereocenters. The summed E-state index contributed by atoms with van der Waals surface area (Å²) < 4.78 is 61.2. The number of piperidine rings is 1. The van der Waals surface area contributed by atoms with Crippen molar-refractivity contribution in [1.82, 2.24) is 19.6 Å². The molecule has 1 aromatic carbocycles. The maximum atomic E-state index is 14.4. The van der Waals surface area contributed by atoms with Crippen molar-refractivity contribution in [3.63, 3.8) is 0 Å². The molecule has 1 amide bonds. The lowest BCUT2D eigenvalue weighted by Crippen LogP contribution is -2.41. The Kier molecular flexibility index (Phi) is 7.89. The van der Waals surface area contributed by atoms with E-state index >= 15 is 0 Å². The first kappa shape index (κ1) is 26.4. The molecule has 2 aromatic rings. The van der Waals surface area contributed by atoms with Gasteiger partial charge in [-0.1, -0.05) is 17.7 Å². The molecule has 3 heterocycles. The summed E-state index contributed by atoms with van der Waals surface area (Å²) in [5.41, 5.74) is -0.515. The Morgan fingerprint density at radius 3 is 2.56 bits per heavy atom. The molecule has 0 radical (unpaired) electrons. The molecule has 0 bridgehead atoms. The third-order valence-corrected chi connectivity index (χ3v) is 7.08. The van der Waals surface area contributed by atoms with Crippen LogP contribution < -0.4 is 0 Å². The van der Waals surface area contributed by atoms with E-state index in [0.717, 1.165) is 23.6 Å². The van der Waals surface area contributed by atoms with Crippen molar-refractivity contribution in [2.24, 2.45) is 5.92 Å². The smallest absolute Gasteiger partial charge is 0.435 e. The summed E-state index contributed by atoms with van der Waals surface area (Å²) in [6, 6.07) is 3.98. The van der Waals surface area contributed by atoms with Gasteiger partial charge in [-0.05, 0) is 50.4 Å². The van der Waals surface area contributed by atoms with Crippen LogP contribution in [0.5, 0.6) is 0 Å². The van der Waals surface area contributed by atoms with Gasteiger partial charge in [0.1, 0.15) is 5.82 Å². The van der Waals surface area contributed by atoms with E-state index in [1.54, 1.807) is 4.90 Å². The fourth-order valence-electron chi connectivity index (χ4n) is 4.83. The third kappa shape index (κ3) is 6.00. The third-order valence-electron chi connectivity index (χ3n) is 6.85. The first-order valence-corrected chi connectivity index (χ1v) is 12.1. The van der Waals surface area contributed by atoms with Gasteiger partial charge in [-0.3, -0.25) is 19.2 Å². The average molecular weight is 531 g/mol. The largest absolute Gasteiger partial charge is 0.468 e. The lowest BCUT2D eigenvalue weighted by atomic mass is 9.92. The van der Waals surface area contributed by atoms with Gasteiger partial charge in [-0.15, -0.1) is 0 Å². The number of hydrogen-bond acceptors (Lipinski definition) is 5. The number of carbonyl (C=O) groups is 2. The molecule has 0 N–H and O–H groups in total. The van der Waals surface area contributed by atoms with Crippen molar-refractivity contribution in [2.45, 2.75) is 44.9 Å². The summed E-state index contributed by atoms with van der Waals surface area (Å²) in [6.07, 6.45) is -2.86. The number of alkyl halides is 3. The highest BCUT2D eigenvalue weighted by atomic mass is 35.5. The van der Waals surface area contributed by atoms with E-state index in [9.17, 15) is 27.2 Å². The quantitative estimate of drug-likeness (QED) is 0.418. The number of fused-ring (bicyclic) bond motifs is 1.